The maximum atomic E-state index is 2.43. The Bertz CT molecular complexity index is 3180. The first-order chi connectivity index (χ1) is 28.7. The highest BCUT2D eigenvalue weighted by Gasteiger charge is 2.23. The summed E-state index contributed by atoms with van der Waals surface area (Å²) in [7, 11) is 0. The van der Waals surface area contributed by atoms with Gasteiger partial charge in [0.05, 0.1) is 22.1 Å². The van der Waals surface area contributed by atoms with E-state index in [0.29, 0.717) is 0 Å². The van der Waals surface area contributed by atoms with E-state index in [-0.39, 0.29) is 0 Å². The van der Waals surface area contributed by atoms with Crippen molar-refractivity contribution in [2.24, 2.45) is 0 Å². The summed E-state index contributed by atoms with van der Waals surface area (Å²) in [5, 5.41) is 5.16. The second-order valence-electron chi connectivity index (χ2n) is 16.1. The summed E-state index contributed by atoms with van der Waals surface area (Å²) in [5.74, 6) is 0. The van der Waals surface area contributed by atoms with E-state index in [4.69, 9.17) is 0 Å². The van der Waals surface area contributed by atoms with Gasteiger partial charge in [-0.05, 0) is 146 Å². The second-order valence-corrected chi connectivity index (χ2v) is 16.1. The molecule has 0 saturated carbocycles. The Morgan fingerprint density at radius 3 is 0.983 bits per heavy atom. The summed E-state index contributed by atoms with van der Waals surface area (Å²) >= 11 is 0. The Morgan fingerprint density at radius 2 is 0.586 bits per heavy atom. The van der Waals surface area contributed by atoms with Crippen molar-refractivity contribution < 1.29 is 0 Å². The molecule has 0 bridgehead atoms. The average molecular weight is 737 g/mol. The molecule has 0 spiro atoms. The normalized spacial score (nSPS) is 12.7. The van der Waals surface area contributed by atoms with Gasteiger partial charge in [0, 0.05) is 32.9 Å². The molecule has 2 aliphatic carbocycles. The summed E-state index contributed by atoms with van der Waals surface area (Å²) in [4.78, 5) is 0. The number of hydrogen-bond acceptors (Lipinski definition) is 0. The maximum Gasteiger partial charge on any atom is 0.0541 e. The quantitative estimate of drug-likeness (QED) is 0.170. The van der Waals surface area contributed by atoms with Crippen molar-refractivity contribution in [1.29, 1.82) is 0 Å². The van der Waals surface area contributed by atoms with Gasteiger partial charge >= 0.3 is 0 Å². The van der Waals surface area contributed by atoms with Crippen LogP contribution >= 0.6 is 0 Å². The van der Waals surface area contributed by atoms with Gasteiger partial charge in [-0.3, -0.25) is 0 Å². The number of benzene rings is 9. The van der Waals surface area contributed by atoms with Crippen molar-refractivity contribution in [3.63, 3.8) is 0 Å². The Hall–Kier alpha value is -7.42. The summed E-state index contributed by atoms with van der Waals surface area (Å²) in [6.45, 7) is 0. The fourth-order valence-electron chi connectivity index (χ4n) is 10.2. The fourth-order valence-corrected chi connectivity index (χ4v) is 10.2. The first kappa shape index (κ1) is 31.7. The van der Waals surface area contributed by atoms with Crippen LogP contribution in [0.1, 0.15) is 22.3 Å². The molecule has 2 nitrogen and oxygen atoms in total. The van der Waals surface area contributed by atoms with Gasteiger partial charge in [0.15, 0.2) is 0 Å². The van der Waals surface area contributed by atoms with E-state index in [2.05, 4.69) is 203 Å². The number of para-hydroxylation sites is 4. The molecule has 58 heavy (non-hydrogen) atoms. The van der Waals surface area contributed by atoms with E-state index < -0.39 is 0 Å². The van der Waals surface area contributed by atoms with E-state index in [1.54, 1.807) is 0 Å². The highest BCUT2D eigenvalue weighted by Crippen LogP contribution is 2.44. The molecule has 2 aliphatic rings. The van der Waals surface area contributed by atoms with Gasteiger partial charge in [-0.2, -0.15) is 0 Å². The minimum atomic E-state index is 0.966. The van der Waals surface area contributed by atoms with Crippen LogP contribution < -0.4 is 0 Å². The number of rotatable bonds is 4. The van der Waals surface area contributed by atoms with E-state index in [1.165, 1.54) is 122 Å². The van der Waals surface area contributed by atoms with E-state index in [0.717, 1.165) is 12.8 Å². The van der Waals surface area contributed by atoms with Crippen LogP contribution in [0.3, 0.4) is 0 Å². The molecule has 0 saturated heterocycles. The fraction of sp³-hybridized carbons (Fsp3) is 0.0357. The molecule has 2 heteroatoms. The zero-order valence-corrected chi connectivity index (χ0v) is 31.8. The van der Waals surface area contributed by atoms with Gasteiger partial charge < -0.3 is 9.13 Å². The lowest BCUT2D eigenvalue weighted by Crippen LogP contribution is -1.94. The second kappa shape index (κ2) is 12.0. The number of aromatic nitrogens is 2. The molecule has 0 N–H and O–H groups in total. The van der Waals surface area contributed by atoms with Crippen LogP contribution in [0.2, 0.25) is 0 Å². The number of fused-ring (bicyclic) bond motifs is 12. The first-order valence-corrected chi connectivity index (χ1v) is 20.3. The van der Waals surface area contributed by atoms with Gasteiger partial charge in [0.25, 0.3) is 0 Å². The summed E-state index contributed by atoms with van der Waals surface area (Å²) in [6.07, 6.45) is 1.93. The summed E-state index contributed by atoms with van der Waals surface area (Å²) < 4.78 is 4.85. The molecular weight excluding hydrogens is 701 g/mol. The van der Waals surface area contributed by atoms with E-state index in [1.807, 2.05) is 0 Å². The van der Waals surface area contributed by atoms with Crippen molar-refractivity contribution in [1.82, 2.24) is 9.13 Å². The molecule has 11 aromatic rings. The van der Waals surface area contributed by atoms with Gasteiger partial charge in [-0.1, -0.05) is 127 Å². The minimum absolute atomic E-state index is 0.966. The van der Waals surface area contributed by atoms with Crippen molar-refractivity contribution in [2.45, 2.75) is 12.8 Å². The number of hydrogen-bond donors (Lipinski definition) is 0. The Morgan fingerprint density at radius 1 is 0.259 bits per heavy atom. The van der Waals surface area contributed by atoms with Crippen molar-refractivity contribution in [3.8, 4) is 55.9 Å². The monoisotopic (exact) mass is 736 g/mol. The Kier molecular flexibility index (Phi) is 6.59. The Labute approximate surface area is 336 Å². The van der Waals surface area contributed by atoms with Crippen LogP contribution in [0.5, 0.6) is 0 Å². The van der Waals surface area contributed by atoms with E-state index >= 15 is 0 Å². The van der Waals surface area contributed by atoms with Crippen molar-refractivity contribution in [2.75, 3.05) is 0 Å². The predicted molar refractivity (Wildman–Crippen MR) is 242 cm³/mol. The predicted octanol–water partition coefficient (Wildman–Crippen LogP) is 14.4. The molecule has 0 unspecified atom stereocenters. The third-order valence-electron chi connectivity index (χ3n) is 13.0. The van der Waals surface area contributed by atoms with Crippen LogP contribution in [0.4, 0.5) is 0 Å². The summed E-state index contributed by atoms with van der Waals surface area (Å²) in [5.41, 5.74) is 23.3. The maximum absolute atomic E-state index is 2.43. The van der Waals surface area contributed by atoms with Crippen LogP contribution in [-0.2, 0) is 12.8 Å². The lowest BCUT2D eigenvalue weighted by atomic mass is 9.94. The average Bonchev–Trinajstić information content (AvgIpc) is 4.03. The third-order valence-corrected chi connectivity index (χ3v) is 13.0. The molecule has 270 valence electrons. The Balaban J connectivity index is 0.869. The summed E-state index contributed by atoms with van der Waals surface area (Å²) in [6, 6.07) is 72.4. The van der Waals surface area contributed by atoms with Crippen molar-refractivity contribution >= 4 is 43.6 Å². The molecule has 0 aliphatic heterocycles. The zero-order chi connectivity index (χ0) is 37.9. The number of nitrogens with zero attached hydrogens (tertiary/aromatic N) is 2. The molecular formula is C56H36N2. The van der Waals surface area contributed by atoms with Gasteiger partial charge in [-0.15, -0.1) is 0 Å². The third kappa shape index (κ3) is 4.60. The smallest absolute Gasteiger partial charge is 0.0541 e. The van der Waals surface area contributed by atoms with Gasteiger partial charge in [0.2, 0.25) is 0 Å². The van der Waals surface area contributed by atoms with Crippen LogP contribution in [0.25, 0.3) is 99.5 Å². The van der Waals surface area contributed by atoms with Gasteiger partial charge in [-0.25, -0.2) is 0 Å². The molecule has 13 rings (SSSR count). The van der Waals surface area contributed by atoms with Crippen LogP contribution in [0, 0.1) is 0 Å². The molecule has 0 radical (unpaired) electrons. The highest BCUT2D eigenvalue weighted by atomic mass is 15.0. The molecule has 2 heterocycles. The van der Waals surface area contributed by atoms with Crippen LogP contribution in [-0.4, -0.2) is 9.13 Å². The largest absolute Gasteiger partial charge is 0.309 e. The molecule has 9 aromatic carbocycles. The van der Waals surface area contributed by atoms with Crippen molar-refractivity contribution in [3.05, 3.63) is 216 Å². The molecule has 0 fully saturated rings. The van der Waals surface area contributed by atoms with E-state index in [9.17, 15) is 0 Å². The SMILES string of the molecule is c1cc(-c2ccc3c(c2)-c2cc(-n4c5ccccc5c5ccccc54)ccc2C3)cc(-c2ccc3c(c2)-c2cc(-n4c5ccccc5c5ccccc54)ccc2C3)c1. The van der Waals surface area contributed by atoms with Gasteiger partial charge in [0.1, 0.15) is 0 Å². The minimum Gasteiger partial charge on any atom is -0.309 e. The topological polar surface area (TPSA) is 9.86 Å². The lowest BCUT2D eigenvalue weighted by Gasteiger charge is -2.12. The zero-order valence-electron chi connectivity index (χ0n) is 31.8. The molecule has 2 aromatic heterocycles. The highest BCUT2D eigenvalue weighted by molar-refractivity contribution is 6.10. The van der Waals surface area contributed by atoms with Crippen LogP contribution in [0.15, 0.2) is 194 Å². The first-order valence-electron chi connectivity index (χ1n) is 20.3. The standard InChI is InChI=1S/C56H36N2/c1-5-16-53-45(12-1)46-13-2-6-17-54(46)57(53)43-26-24-41-29-39-22-20-37(31-49(39)51(41)33-43)35-10-9-11-36(28-35)38-21-23-40-30-42-25-27-44(34-52(42)50(40)32-38)58-55-18-7-3-14-47(55)48-15-4-8-19-56(48)58/h1-28,31-34H,29-30H2. The lowest BCUT2D eigenvalue weighted by molar-refractivity contribution is 1.17. The molecule has 0 amide bonds. The molecule has 0 atom stereocenters.